The molecule has 4 saturated carbocycles. The third-order valence-corrected chi connectivity index (χ3v) is 8.46. The number of carbonyl (C=O) groups excluding carboxylic acids is 1. The lowest BCUT2D eigenvalue weighted by Gasteiger charge is -2.56. The average molecular weight is 472 g/mol. The quantitative estimate of drug-likeness (QED) is 0.484. The van der Waals surface area contributed by atoms with Crippen molar-refractivity contribution < 1.29 is 18.0 Å². The lowest BCUT2D eigenvalue weighted by Crippen LogP contribution is -2.59. The van der Waals surface area contributed by atoms with Crippen molar-refractivity contribution >= 4 is 17.2 Å². The van der Waals surface area contributed by atoms with Crippen LogP contribution in [-0.2, 0) is 6.18 Å². The van der Waals surface area contributed by atoms with Crippen molar-refractivity contribution in [3.8, 4) is 16.3 Å². The van der Waals surface area contributed by atoms with E-state index in [4.69, 9.17) is 0 Å². The smallest absolute Gasteiger partial charge is 0.347 e. The van der Waals surface area contributed by atoms with E-state index in [-0.39, 0.29) is 11.4 Å². The SMILES string of the molecule is O=C(NC12CC3CC(CC(C3)C1)C2)c1ccc(-n2nc(C(F)(F)F)cc2-c2cccs2)cc1. The molecule has 4 aliphatic carbocycles. The van der Waals surface area contributed by atoms with Gasteiger partial charge in [-0.05, 0) is 98.1 Å². The van der Waals surface area contributed by atoms with Crippen LogP contribution in [0.2, 0.25) is 0 Å². The molecule has 4 fully saturated rings. The van der Waals surface area contributed by atoms with Gasteiger partial charge in [0.1, 0.15) is 0 Å². The summed E-state index contributed by atoms with van der Waals surface area (Å²) in [5.74, 6) is 2.10. The number of halogens is 3. The molecule has 1 amide bonds. The first-order chi connectivity index (χ1) is 15.8. The Bertz CT molecular complexity index is 1150. The molecule has 0 atom stereocenters. The highest BCUT2D eigenvalue weighted by atomic mass is 32.1. The summed E-state index contributed by atoms with van der Waals surface area (Å²) in [6.45, 7) is 0. The number of hydrogen-bond donors (Lipinski definition) is 1. The van der Waals surface area contributed by atoms with Crippen LogP contribution in [-0.4, -0.2) is 21.2 Å². The van der Waals surface area contributed by atoms with Crippen LogP contribution in [0.5, 0.6) is 0 Å². The van der Waals surface area contributed by atoms with Crippen LogP contribution in [0.3, 0.4) is 0 Å². The molecule has 1 N–H and O–H groups in total. The first-order valence-corrected chi connectivity index (χ1v) is 12.3. The Morgan fingerprint density at radius 1 is 1.03 bits per heavy atom. The van der Waals surface area contributed by atoms with E-state index in [1.807, 2.05) is 5.38 Å². The number of carbonyl (C=O) groups is 1. The van der Waals surface area contributed by atoms with E-state index in [1.165, 1.54) is 35.3 Å². The Morgan fingerprint density at radius 3 is 2.21 bits per heavy atom. The normalized spacial score (nSPS) is 28.3. The molecule has 8 heteroatoms. The van der Waals surface area contributed by atoms with Crippen LogP contribution < -0.4 is 5.32 Å². The first-order valence-electron chi connectivity index (χ1n) is 11.4. The van der Waals surface area contributed by atoms with Crippen molar-refractivity contribution in [2.24, 2.45) is 17.8 Å². The van der Waals surface area contributed by atoms with Gasteiger partial charge in [0.15, 0.2) is 5.69 Å². The summed E-state index contributed by atoms with van der Waals surface area (Å²) in [7, 11) is 0. The van der Waals surface area contributed by atoms with E-state index in [0.717, 1.165) is 43.1 Å². The average Bonchev–Trinajstić information content (AvgIpc) is 3.42. The maximum atomic E-state index is 13.3. The molecule has 1 aromatic carbocycles. The lowest BCUT2D eigenvalue weighted by atomic mass is 9.53. The van der Waals surface area contributed by atoms with E-state index in [0.29, 0.717) is 21.8 Å². The van der Waals surface area contributed by atoms with Crippen molar-refractivity contribution in [2.45, 2.75) is 50.2 Å². The number of hydrogen-bond acceptors (Lipinski definition) is 3. The van der Waals surface area contributed by atoms with Gasteiger partial charge in [0, 0.05) is 11.1 Å². The van der Waals surface area contributed by atoms with Crippen LogP contribution in [0.25, 0.3) is 16.3 Å². The van der Waals surface area contributed by atoms with E-state index >= 15 is 0 Å². The highest BCUT2D eigenvalue weighted by Crippen LogP contribution is 2.55. The summed E-state index contributed by atoms with van der Waals surface area (Å²) < 4.78 is 41.3. The zero-order valence-corrected chi connectivity index (χ0v) is 18.8. The molecule has 4 nitrogen and oxygen atoms in total. The van der Waals surface area contributed by atoms with E-state index in [2.05, 4.69) is 10.4 Å². The molecule has 0 aliphatic heterocycles. The molecule has 4 bridgehead atoms. The molecule has 2 aromatic heterocycles. The Kier molecular flexibility index (Phi) is 4.73. The minimum Gasteiger partial charge on any atom is -0.347 e. The van der Waals surface area contributed by atoms with Gasteiger partial charge in [0.25, 0.3) is 5.91 Å². The summed E-state index contributed by atoms with van der Waals surface area (Å²) in [5, 5.41) is 8.99. The van der Waals surface area contributed by atoms with Crippen LogP contribution in [0, 0.1) is 17.8 Å². The minimum absolute atomic E-state index is 0.0829. The maximum absolute atomic E-state index is 13.3. The predicted octanol–water partition coefficient (Wildman–Crippen LogP) is 6.32. The second-order valence-corrected chi connectivity index (χ2v) is 10.9. The number of thiophene rings is 1. The monoisotopic (exact) mass is 471 g/mol. The Balaban J connectivity index is 1.26. The van der Waals surface area contributed by atoms with E-state index in [9.17, 15) is 18.0 Å². The highest BCUT2D eigenvalue weighted by Gasteiger charge is 2.51. The van der Waals surface area contributed by atoms with Crippen molar-refractivity contribution in [1.82, 2.24) is 15.1 Å². The zero-order chi connectivity index (χ0) is 22.8. The van der Waals surface area contributed by atoms with Gasteiger partial charge in [0.2, 0.25) is 0 Å². The molecule has 0 spiro atoms. The fraction of sp³-hybridized carbons (Fsp3) is 0.440. The van der Waals surface area contributed by atoms with Crippen LogP contribution in [0.15, 0.2) is 47.8 Å². The van der Waals surface area contributed by atoms with Crippen molar-refractivity contribution in [3.05, 3.63) is 59.1 Å². The number of rotatable bonds is 4. The third-order valence-electron chi connectivity index (χ3n) is 7.56. The second kappa shape index (κ2) is 7.45. The van der Waals surface area contributed by atoms with Crippen molar-refractivity contribution in [2.75, 3.05) is 0 Å². The van der Waals surface area contributed by atoms with E-state index in [1.54, 1.807) is 36.4 Å². The summed E-state index contributed by atoms with van der Waals surface area (Å²) in [4.78, 5) is 13.8. The standard InChI is InChI=1S/C25H24F3N3OS/c26-25(27,28)22-11-20(21-2-1-7-33-21)31(30-22)19-5-3-18(4-6-19)23(32)29-24-12-15-8-16(13-24)10-17(9-15)14-24/h1-7,11,15-17H,8-10,12-14H2,(H,29,32). The summed E-state index contributed by atoms with van der Waals surface area (Å²) >= 11 is 1.36. The Morgan fingerprint density at radius 2 is 1.67 bits per heavy atom. The number of nitrogens with zero attached hydrogens (tertiary/aromatic N) is 2. The minimum atomic E-state index is -4.53. The van der Waals surface area contributed by atoms with Gasteiger partial charge in [-0.3, -0.25) is 4.79 Å². The molecule has 2 heterocycles. The molecule has 4 aliphatic rings. The number of aromatic nitrogens is 2. The molecule has 0 saturated heterocycles. The highest BCUT2D eigenvalue weighted by molar-refractivity contribution is 7.13. The van der Waals surface area contributed by atoms with Gasteiger partial charge < -0.3 is 5.32 Å². The van der Waals surface area contributed by atoms with Gasteiger partial charge in [-0.15, -0.1) is 11.3 Å². The topological polar surface area (TPSA) is 46.9 Å². The summed E-state index contributed by atoms with van der Waals surface area (Å²) in [5.41, 5.74) is 0.369. The number of nitrogens with one attached hydrogen (secondary N) is 1. The second-order valence-electron chi connectivity index (χ2n) is 10.0. The molecule has 3 aromatic rings. The molecule has 7 rings (SSSR count). The van der Waals surface area contributed by atoms with Gasteiger partial charge in [-0.1, -0.05) is 6.07 Å². The maximum Gasteiger partial charge on any atom is 0.435 e. The van der Waals surface area contributed by atoms with Gasteiger partial charge >= 0.3 is 6.18 Å². The number of amides is 1. The van der Waals surface area contributed by atoms with Crippen LogP contribution in [0.1, 0.15) is 54.6 Å². The van der Waals surface area contributed by atoms with Crippen molar-refractivity contribution in [3.63, 3.8) is 0 Å². The largest absolute Gasteiger partial charge is 0.435 e. The molecule has 172 valence electrons. The van der Waals surface area contributed by atoms with Crippen LogP contribution >= 0.6 is 11.3 Å². The zero-order valence-electron chi connectivity index (χ0n) is 17.9. The molecule has 33 heavy (non-hydrogen) atoms. The van der Waals surface area contributed by atoms with Gasteiger partial charge in [0.05, 0.1) is 16.3 Å². The Labute approximate surface area is 193 Å². The molecule has 0 radical (unpaired) electrons. The van der Waals surface area contributed by atoms with Crippen molar-refractivity contribution in [1.29, 1.82) is 0 Å². The van der Waals surface area contributed by atoms with E-state index < -0.39 is 11.9 Å². The molecular weight excluding hydrogens is 447 g/mol. The van der Waals surface area contributed by atoms with Gasteiger partial charge in [-0.2, -0.15) is 18.3 Å². The first kappa shape index (κ1) is 21.0. The molecule has 0 unspecified atom stereocenters. The molecular formula is C25H24F3N3OS. The van der Waals surface area contributed by atoms with Crippen LogP contribution in [0.4, 0.5) is 13.2 Å². The van der Waals surface area contributed by atoms with Gasteiger partial charge in [-0.25, -0.2) is 4.68 Å². The summed E-state index contributed by atoms with van der Waals surface area (Å²) in [6.07, 6.45) is 2.59. The summed E-state index contributed by atoms with van der Waals surface area (Å²) in [6, 6.07) is 11.3. The number of alkyl halides is 3. The fourth-order valence-electron chi connectivity index (χ4n) is 6.65. The predicted molar refractivity (Wildman–Crippen MR) is 120 cm³/mol. The number of benzene rings is 1. The fourth-order valence-corrected chi connectivity index (χ4v) is 7.37. The Hall–Kier alpha value is -2.61. The lowest BCUT2D eigenvalue weighted by molar-refractivity contribution is -0.141. The third kappa shape index (κ3) is 3.78.